The van der Waals surface area contributed by atoms with E-state index in [2.05, 4.69) is 15.3 Å². The quantitative estimate of drug-likeness (QED) is 0.700. The molecule has 0 bridgehead atoms. The number of nitrogens with two attached hydrogens (primary N) is 1. The highest BCUT2D eigenvalue weighted by atomic mass is 16.5. The van der Waals surface area contributed by atoms with Crippen molar-refractivity contribution < 1.29 is 9.84 Å². The standard InChI is InChI=1S/C13H16N4O2/c1-19-13-6-12(16-8-17-13)15-7-11(18)9-2-4-10(14)5-3-9/h2-6,8,11,18H,7,14H2,1H3,(H,15,16,17). The van der Waals surface area contributed by atoms with Crippen LogP contribution in [0.5, 0.6) is 5.88 Å². The minimum Gasteiger partial charge on any atom is -0.481 e. The van der Waals surface area contributed by atoms with E-state index in [4.69, 9.17) is 10.5 Å². The van der Waals surface area contributed by atoms with Crippen molar-refractivity contribution in [2.24, 2.45) is 0 Å². The van der Waals surface area contributed by atoms with Crippen molar-refractivity contribution in [3.05, 3.63) is 42.2 Å². The van der Waals surface area contributed by atoms with Crippen molar-refractivity contribution in [3.8, 4) is 5.88 Å². The van der Waals surface area contributed by atoms with Gasteiger partial charge in [0.1, 0.15) is 12.1 Å². The normalized spacial score (nSPS) is 11.9. The maximum atomic E-state index is 10.0. The highest BCUT2D eigenvalue weighted by Gasteiger charge is 2.07. The maximum Gasteiger partial charge on any atom is 0.218 e. The van der Waals surface area contributed by atoms with Gasteiger partial charge in [0.05, 0.1) is 13.2 Å². The highest BCUT2D eigenvalue weighted by Crippen LogP contribution is 2.16. The van der Waals surface area contributed by atoms with Crippen molar-refractivity contribution >= 4 is 11.5 Å². The molecule has 0 amide bonds. The van der Waals surface area contributed by atoms with Gasteiger partial charge in [0.15, 0.2) is 0 Å². The molecule has 100 valence electrons. The zero-order chi connectivity index (χ0) is 13.7. The van der Waals surface area contributed by atoms with Crippen LogP contribution in [0.25, 0.3) is 0 Å². The summed E-state index contributed by atoms with van der Waals surface area (Å²) in [5, 5.41) is 13.0. The number of aromatic nitrogens is 2. The molecule has 1 atom stereocenters. The van der Waals surface area contributed by atoms with Crippen LogP contribution in [0, 0.1) is 0 Å². The number of aliphatic hydroxyl groups excluding tert-OH is 1. The smallest absolute Gasteiger partial charge is 0.218 e. The van der Waals surface area contributed by atoms with E-state index >= 15 is 0 Å². The Bertz CT molecular complexity index is 530. The zero-order valence-electron chi connectivity index (χ0n) is 10.6. The molecule has 1 aromatic carbocycles. The number of methoxy groups -OCH3 is 1. The van der Waals surface area contributed by atoms with Crippen LogP contribution in [-0.4, -0.2) is 28.7 Å². The minimum atomic E-state index is -0.637. The number of hydrogen-bond acceptors (Lipinski definition) is 6. The Hall–Kier alpha value is -2.34. The van der Waals surface area contributed by atoms with E-state index in [0.29, 0.717) is 23.9 Å². The predicted molar refractivity (Wildman–Crippen MR) is 72.9 cm³/mol. The summed E-state index contributed by atoms with van der Waals surface area (Å²) in [5.74, 6) is 1.07. The van der Waals surface area contributed by atoms with Crippen LogP contribution in [0.3, 0.4) is 0 Å². The van der Waals surface area contributed by atoms with Crippen LogP contribution in [-0.2, 0) is 0 Å². The molecule has 0 saturated heterocycles. The van der Waals surface area contributed by atoms with Crippen molar-refractivity contribution in [2.75, 3.05) is 24.7 Å². The monoisotopic (exact) mass is 260 g/mol. The number of nitrogens with one attached hydrogen (secondary N) is 1. The first-order valence-electron chi connectivity index (χ1n) is 5.82. The first-order valence-corrected chi connectivity index (χ1v) is 5.82. The van der Waals surface area contributed by atoms with Gasteiger partial charge in [0.25, 0.3) is 0 Å². The molecular formula is C13H16N4O2. The van der Waals surface area contributed by atoms with E-state index < -0.39 is 6.10 Å². The van der Waals surface area contributed by atoms with Crippen LogP contribution < -0.4 is 15.8 Å². The number of benzene rings is 1. The number of nitrogen functional groups attached to an aromatic ring is 1. The number of aliphatic hydroxyl groups is 1. The van der Waals surface area contributed by atoms with Crippen LogP contribution >= 0.6 is 0 Å². The molecule has 2 aromatic rings. The molecule has 19 heavy (non-hydrogen) atoms. The Morgan fingerprint density at radius 2 is 2.05 bits per heavy atom. The molecule has 1 aromatic heterocycles. The van der Waals surface area contributed by atoms with E-state index in [0.717, 1.165) is 5.56 Å². The topological polar surface area (TPSA) is 93.3 Å². The van der Waals surface area contributed by atoms with Gasteiger partial charge < -0.3 is 20.9 Å². The SMILES string of the molecule is COc1cc(NCC(O)c2ccc(N)cc2)ncn1. The molecular weight excluding hydrogens is 244 g/mol. The molecule has 6 nitrogen and oxygen atoms in total. The fraction of sp³-hybridized carbons (Fsp3) is 0.231. The molecule has 2 rings (SSSR count). The number of nitrogens with zero attached hydrogens (tertiary/aromatic N) is 2. The summed E-state index contributed by atoms with van der Waals surface area (Å²) in [6, 6.07) is 8.76. The summed E-state index contributed by atoms with van der Waals surface area (Å²) in [4.78, 5) is 7.94. The van der Waals surface area contributed by atoms with Crippen molar-refractivity contribution in [1.82, 2.24) is 9.97 Å². The van der Waals surface area contributed by atoms with Crippen LogP contribution in [0.2, 0.25) is 0 Å². The van der Waals surface area contributed by atoms with E-state index in [1.165, 1.54) is 13.4 Å². The van der Waals surface area contributed by atoms with Crippen LogP contribution in [0.1, 0.15) is 11.7 Å². The zero-order valence-corrected chi connectivity index (χ0v) is 10.6. The molecule has 0 radical (unpaired) electrons. The molecule has 0 aliphatic heterocycles. The van der Waals surface area contributed by atoms with Gasteiger partial charge in [-0.25, -0.2) is 9.97 Å². The molecule has 0 fully saturated rings. The van der Waals surface area contributed by atoms with Gasteiger partial charge in [-0.05, 0) is 17.7 Å². The van der Waals surface area contributed by atoms with Gasteiger partial charge in [0.2, 0.25) is 5.88 Å². The van der Waals surface area contributed by atoms with E-state index in [-0.39, 0.29) is 0 Å². The first-order chi connectivity index (χ1) is 9.19. The largest absolute Gasteiger partial charge is 0.481 e. The molecule has 4 N–H and O–H groups in total. The summed E-state index contributed by atoms with van der Waals surface area (Å²) < 4.78 is 4.99. The van der Waals surface area contributed by atoms with Gasteiger partial charge in [0, 0.05) is 18.3 Å². The van der Waals surface area contributed by atoms with Gasteiger partial charge >= 0.3 is 0 Å². The molecule has 0 aliphatic carbocycles. The summed E-state index contributed by atoms with van der Waals surface area (Å²) in [6.07, 6.45) is 0.762. The third-order valence-electron chi connectivity index (χ3n) is 2.65. The van der Waals surface area contributed by atoms with E-state index in [1.54, 1.807) is 30.3 Å². The van der Waals surface area contributed by atoms with Gasteiger partial charge in [-0.1, -0.05) is 12.1 Å². The lowest BCUT2D eigenvalue weighted by atomic mass is 10.1. The lowest BCUT2D eigenvalue weighted by Crippen LogP contribution is -2.13. The average molecular weight is 260 g/mol. The summed E-state index contributed by atoms with van der Waals surface area (Å²) in [7, 11) is 1.54. The highest BCUT2D eigenvalue weighted by molar-refractivity contribution is 5.41. The van der Waals surface area contributed by atoms with Gasteiger partial charge in [-0.15, -0.1) is 0 Å². The van der Waals surface area contributed by atoms with E-state index in [9.17, 15) is 5.11 Å². The second-order valence-electron chi connectivity index (χ2n) is 4.01. The minimum absolute atomic E-state index is 0.337. The molecule has 0 aliphatic rings. The number of anilines is 2. The Balaban J connectivity index is 1.96. The van der Waals surface area contributed by atoms with Crippen molar-refractivity contribution in [3.63, 3.8) is 0 Å². The third-order valence-corrected chi connectivity index (χ3v) is 2.65. The second kappa shape index (κ2) is 6.01. The van der Waals surface area contributed by atoms with Crippen LogP contribution in [0.4, 0.5) is 11.5 Å². The Kier molecular flexibility index (Phi) is 4.15. The molecule has 1 unspecified atom stereocenters. The molecule has 1 heterocycles. The predicted octanol–water partition coefficient (Wildman–Crippen LogP) is 1.21. The summed E-state index contributed by atoms with van der Waals surface area (Å²) in [6.45, 7) is 0.337. The molecule has 0 saturated carbocycles. The maximum absolute atomic E-state index is 10.0. The fourth-order valence-electron chi connectivity index (χ4n) is 1.59. The summed E-state index contributed by atoms with van der Waals surface area (Å²) >= 11 is 0. The Morgan fingerprint density at radius 1 is 1.32 bits per heavy atom. The number of ether oxygens (including phenoxy) is 1. The summed E-state index contributed by atoms with van der Waals surface area (Å²) in [5.41, 5.74) is 7.06. The van der Waals surface area contributed by atoms with Crippen LogP contribution in [0.15, 0.2) is 36.7 Å². The lowest BCUT2D eigenvalue weighted by Gasteiger charge is -2.13. The fourth-order valence-corrected chi connectivity index (χ4v) is 1.59. The molecule has 0 spiro atoms. The molecule has 6 heteroatoms. The van der Waals surface area contributed by atoms with E-state index in [1.807, 2.05) is 0 Å². The lowest BCUT2D eigenvalue weighted by molar-refractivity contribution is 0.191. The third kappa shape index (κ3) is 3.56. The van der Waals surface area contributed by atoms with Crippen molar-refractivity contribution in [1.29, 1.82) is 0 Å². The average Bonchev–Trinajstić information content (AvgIpc) is 2.46. The Labute approximate surface area is 111 Å². The van der Waals surface area contributed by atoms with Crippen molar-refractivity contribution in [2.45, 2.75) is 6.10 Å². The van der Waals surface area contributed by atoms with Gasteiger partial charge in [-0.2, -0.15) is 0 Å². The van der Waals surface area contributed by atoms with Gasteiger partial charge in [-0.3, -0.25) is 0 Å². The Morgan fingerprint density at radius 3 is 2.74 bits per heavy atom. The second-order valence-corrected chi connectivity index (χ2v) is 4.01. The number of rotatable bonds is 5. The number of hydrogen-bond donors (Lipinski definition) is 3. The first kappa shape index (κ1) is 13.1.